The number of hydrogen-bond acceptors (Lipinski definition) is 4. The summed E-state index contributed by atoms with van der Waals surface area (Å²) in [6, 6.07) is 22.3. The molecule has 1 saturated heterocycles. The van der Waals surface area contributed by atoms with Gasteiger partial charge >= 0.3 is 0 Å². The molecule has 0 saturated carbocycles. The monoisotopic (exact) mass is 510 g/mol. The molecule has 1 fully saturated rings. The molecule has 35 heavy (non-hydrogen) atoms. The molecule has 182 valence electrons. The third-order valence-electron chi connectivity index (χ3n) is 7.18. The second kappa shape index (κ2) is 10.3. The number of aliphatic hydroxyl groups excluding tert-OH is 1. The molecule has 7 heteroatoms. The van der Waals surface area contributed by atoms with Crippen LogP contribution in [0.2, 0.25) is 10.0 Å². The van der Waals surface area contributed by atoms with Crippen LogP contribution in [0.1, 0.15) is 47.2 Å². The first-order chi connectivity index (χ1) is 17.0. The fraction of sp³-hybridized carbons (Fsp3) is 0.321. The van der Waals surface area contributed by atoms with Crippen LogP contribution in [-0.2, 0) is 21.7 Å². The van der Waals surface area contributed by atoms with Crippen molar-refractivity contribution in [2.75, 3.05) is 19.6 Å². The molecule has 0 aromatic heterocycles. The third-order valence-corrected chi connectivity index (χ3v) is 7.77. The molecule has 0 aliphatic carbocycles. The van der Waals surface area contributed by atoms with E-state index < -0.39 is 12.1 Å². The summed E-state index contributed by atoms with van der Waals surface area (Å²) in [4.78, 5) is 15.0. The summed E-state index contributed by atoms with van der Waals surface area (Å²) in [5.74, 6) is -0.00328. The quantitative estimate of drug-likeness (QED) is 0.465. The Hall–Kier alpha value is -2.41. The largest absolute Gasteiger partial charge is 0.386 e. The van der Waals surface area contributed by atoms with E-state index in [1.54, 1.807) is 24.3 Å². The Balaban J connectivity index is 1.26. The molecular formula is C28H28Cl2N2O3. The lowest BCUT2D eigenvalue weighted by molar-refractivity contribution is -0.137. The summed E-state index contributed by atoms with van der Waals surface area (Å²) in [5, 5.41) is 15.6. The van der Waals surface area contributed by atoms with E-state index in [2.05, 4.69) is 23.5 Å². The van der Waals surface area contributed by atoms with E-state index >= 15 is 0 Å². The number of piperidine rings is 1. The number of nitrogens with zero attached hydrogens (tertiary/aromatic N) is 1. The fourth-order valence-corrected chi connectivity index (χ4v) is 5.57. The second-order valence-electron chi connectivity index (χ2n) is 9.20. The number of fused-ring (bicyclic) bond motifs is 2. The van der Waals surface area contributed by atoms with E-state index in [0.29, 0.717) is 35.3 Å². The molecule has 3 aromatic rings. The van der Waals surface area contributed by atoms with Crippen LogP contribution in [0.3, 0.4) is 0 Å². The Bertz CT molecular complexity index is 1190. The molecule has 0 bridgehead atoms. The van der Waals surface area contributed by atoms with Crippen LogP contribution < -0.4 is 5.32 Å². The zero-order chi connectivity index (χ0) is 24.4. The number of hydrogen-bond donors (Lipinski definition) is 2. The molecule has 2 aliphatic rings. The van der Waals surface area contributed by atoms with Crippen molar-refractivity contribution < 1.29 is 14.6 Å². The first-order valence-electron chi connectivity index (χ1n) is 11.9. The highest BCUT2D eigenvalue weighted by atomic mass is 35.5. The van der Waals surface area contributed by atoms with Crippen LogP contribution in [-0.4, -0.2) is 35.5 Å². The van der Waals surface area contributed by atoms with Crippen LogP contribution in [0.5, 0.6) is 0 Å². The van der Waals surface area contributed by atoms with Crippen molar-refractivity contribution in [2.24, 2.45) is 0 Å². The molecule has 2 aliphatic heterocycles. The zero-order valence-corrected chi connectivity index (χ0v) is 20.8. The highest BCUT2D eigenvalue weighted by Crippen LogP contribution is 2.44. The lowest BCUT2D eigenvalue weighted by Gasteiger charge is -2.39. The molecule has 2 N–H and O–H groups in total. The zero-order valence-electron chi connectivity index (χ0n) is 19.3. The SMILES string of the molecule is O=C(CN[C@H](c1ccc(Cl)cc1)C(O)c1ccccc1Cl)N1CCC2(CC1)OCc1ccccc12. The average molecular weight is 511 g/mol. The molecule has 0 radical (unpaired) electrons. The number of aliphatic hydroxyl groups is 1. The van der Waals surface area contributed by atoms with Crippen molar-refractivity contribution in [3.05, 3.63) is 105 Å². The Morgan fingerprint density at radius 1 is 1.00 bits per heavy atom. The lowest BCUT2D eigenvalue weighted by Crippen LogP contribution is -2.48. The summed E-state index contributed by atoms with van der Waals surface area (Å²) in [7, 11) is 0. The van der Waals surface area contributed by atoms with E-state index in [1.807, 2.05) is 35.2 Å². The minimum atomic E-state index is -0.939. The smallest absolute Gasteiger partial charge is 0.236 e. The van der Waals surface area contributed by atoms with Gasteiger partial charge in [-0.2, -0.15) is 0 Å². The van der Waals surface area contributed by atoms with Gasteiger partial charge in [0.1, 0.15) is 0 Å². The van der Waals surface area contributed by atoms with E-state index in [9.17, 15) is 9.90 Å². The summed E-state index contributed by atoms with van der Waals surface area (Å²) >= 11 is 12.4. The van der Waals surface area contributed by atoms with Crippen LogP contribution in [0.25, 0.3) is 0 Å². The number of nitrogens with one attached hydrogen (secondary N) is 1. The maximum Gasteiger partial charge on any atom is 0.236 e. The first kappa shape index (κ1) is 24.3. The van der Waals surface area contributed by atoms with Crippen LogP contribution in [0.15, 0.2) is 72.8 Å². The summed E-state index contributed by atoms with van der Waals surface area (Å²) in [5.41, 5.74) is 3.64. The number of carbonyl (C=O) groups is 1. The Labute approximate surface area is 215 Å². The van der Waals surface area contributed by atoms with Crippen molar-refractivity contribution in [3.8, 4) is 0 Å². The van der Waals surface area contributed by atoms with Gasteiger partial charge in [-0.25, -0.2) is 0 Å². The number of ether oxygens (including phenoxy) is 1. The van der Waals surface area contributed by atoms with Crippen LogP contribution >= 0.6 is 23.2 Å². The lowest BCUT2D eigenvalue weighted by atomic mass is 9.84. The van der Waals surface area contributed by atoms with Crippen molar-refractivity contribution in [1.82, 2.24) is 10.2 Å². The van der Waals surface area contributed by atoms with E-state index in [0.717, 1.165) is 18.4 Å². The molecule has 1 unspecified atom stereocenters. The van der Waals surface area contributed by atoms with Gasteiger partial charge in [-0.1, -0.05) is 77.8 Å². The van der Waals surface area contributed by atoms with Crippen LogP contribution in [0.4, 0.5) is 0 Å². The predicted octanol–water partition coefficient (Wildman–Crippen LogP) is 5.41. The summed E-state index contributed by atoms with van der Waals surface area (Å²) in [6.07, 6.45) is 0.614. The van der Waals surface area contributed by atoms with Crippen molar-refractivity contribution in [1.29, 1.82) is 0 Å². The minimum Gasteiger partial charge on any atom is -0.386 e. The summed E-state index contributed by atoms with van der Waals surface area (Å²) in [6.45, 7) is 1.99. The molecule has 5 nitrogen and oxygen atoms in total. The maximum atomic E-state index is 13.2. The maximum absolute atomic E-state index is 13.2. The number of carbonyl (C=O) groups excluding carboxylic acids is 1. The van der Waals surface area contributed by atoms with E-state index in [1.165, 1.54) is 11.1 Å². The number of rotatable bonds is 6. The summed E-state index contributed by atoms with van der Waals surface area (Å²) < 4.78 is 6.23. The van der Waals surface area contributed by atoms with Gasteiger partial charge in [-0.15, -0.1) is 0 Å². The van der Waals surface area contributed by atoms with Crippen molar-refractivity contribution >= 4 is 29.1 Å². The van der Waals surface area contributed by atoms with Crippen molar-refractivity contribution in [3.63, 3.8) is 0 Å². The van der Waals surface area contributed by atoms with E-state index in [4.69, 9.17) is 27.9 Å². The Kier molecular flexibility index (Phi) is 7.14. The molecule has 2 heterocycles. The van der Waals surface area contributed by atoms with E-state index in [-0.39, 0.29) is 18.1 Å². The number of amides is 1. The number of halogens is 2. The number of benzene rings is 3. The van der Waals surface area contributed by atoms with Gasteiger partial charge in [0.15, 0.2) is 0 Å². The van der Waals surface area contributed by atoms with Gasteiger partial charge in [-0.05, 0) is 47.7 Å². The fourth-order valence-electron chi connectivity index (χ4n) is 5.20. The standard InChI is InChI=1S/C28H28Cl2N2O3/c29-21-11-9-19(10-12-21)26(27(34)22-6-2-4-8-24(22)30)31-17-25(33)32-15-13-28(14-16-32)23-7-3-1-5-20(23)18-35-28/h1-12,26-27,31,34H,13-18H2/t26-,27?/m1/s1. The predicted molar refractivity (Wildman–Crippen MR) is 137 cm³/mol. The highest BCUT2D eigenvalue weighted by molar-refractivity contribution is 6.31. The third kappa shape index (κ3) is 4.97. The van der Waals surface area contributed by atoms with Gasteiger partial charge < -0.3 is 14.7 Å². The normalized spacial score (nSPS) is 18.3. The van der Waals surface area contributed by atoms with Crippen LogP contribution in [0, 0.1) is 0 Å². The van der Waals surface area contributed by atoms with Crippen molar-refractivity contribution in [2.45, 2.75) is 37.2 Å². The molecule has 5 rings (SSSR count). The number of likely N-dealkylation sites (tertiary alicyclic amines) is 1. The molecule has 2 atom stereocenters. The average Bonchev–Trinajstić information content (AvgIpc) is 3.23. The van der Waals surface area contributed by atoms with Gasteiger partial charge in [0.25, 0.3) is 0 Å². The Morgan fingerprint density at radius 3 is 2.43 bits per heavy atom. The topological polar surface area (TPSA) is 61.8 Å². The molecule has 1 spiro atoms. The second-order valence-corrected chi connectivity index (χ2v) is 10.0. The molecule has 3 aromatic carbocycles. The molecule has 1 amide bonds. The minimum absolute atomic E-state index is 0.00328. The van der Waals surface area contributed by atoms with Gasteiger partial charge in [0.2, 0.25) is 5.91 Å². The highest BCUT2D eigenvalue weighted by Gasteiger charge is 2.43. The Morgan fingerprint density at radius 2 is 1.69 bits per heavy atom. The first-order valence-corrected chi connectivity index (χ1v) is 12.6. The van der Waals surface area contributed by atoms with Gasteiger partial charge in [0.05, 0.1) is 30.9 Å². The molecular weight excluding hydrogens is 483 g/mol. The van der Waals surface area contributed by atoms with Gasteiger partial charge in [-0.3, -0.25) is 10.1 Å². The van der Waals surface area contributed by atoms with Gasteiger partial charge in [0, 0.05) is 28.7 Å².